The summed E-state index contributed by atoms with van der Waals surface area (Å²) in [7, 11) is 0. The van der Waals surface area contributed by atoms with Crippen LogP contribution in [-0.2, 0) is 16.1 Å². The Hall–Kier alpha value is -2.30. The Kier molecular flexibility index (Phi) is 2.55. The van der Waals surface area contributed by atoms with Crippen LogP contribution in [-0.4, -0.2) is 17.0 Å². The lowest BCUT2D eigenvalue weighted by atomic mass is 10.1. The number of fused-ring (bicyclic) bond motifs is 1. The molecule has 1 saturated carbocycles. The molecule has 0 bridgehead atoms. The Balaban J connectivity index is 1.73. The van der Waals surface area contributed by atoms with Gasteiger partial charge in [0.05, 0.1) is 6.26 Å². The van der Waals surface area contributed by atoms with Crippen molar-refractivity contribution >= 4 is 22.8 Å². The summed E-state index contributed by atoms with van der Waals surface area (Å²) in [6.07, 6.45) is 2.42. The van der Waals surface area contributed by atoms with Crippen molar-refractivity contribution in [2.24, 2.45) is 5.41 Å². The number of carboxylic acid groups (broad SMARTS) is 1. The molecule has 1 aliphatic carbocycles. The summed E-state index contributed by atoms with van der Waals surface area (Å²) in [5.74, 6) is -1.45. The SMILES string of the molecule is O=C(O)C1(C(=O)NCc2coc3ccccc23)CC1. The van der Waals surface area contributed by atoms with Crippen LogP contribution in [0.1, 0.15) is 18.4 Å². The Bertz CT molecular complexity index is 654. The normalized spacial score (nSPS) is 16.2. The number of amides is 1. The maximum absolute atomic E-state index is 11.9. The van der Waals surface area contributed by atoms with Crippen molar-refractivity contribution in [1.29, 1.82) is 0 Å². The summed E-state index contributed by atoms with van der Waals surface area (Å²) >= 11 is 0. The number of para-hydroxylation sites is 1. The fourth-order valence-corrected chi connectivity index (χ4v) is 2.18. The Labute approximate surface area is 109 Å². The van der Waals surface area contributed by atoms with Crippen LogP contribution >= 0.6 is 0 Å². The van der Waals surface area contributed by atoms with E-state index in [0.717, 1.165) is 16.5 Å². The van der Waals surface area contributed by atoms with E-state index < -0.39 is 17.3 Å². The summed E-state index contributed by atoms with van der Waals surface area (Å²) in [6, 6.07) is 7.52. The summed E-state index contributed by atoms with van der Waals surface area (Å²) < 4.78 is 5.36. The molecule has 0 radical (unpaired) electrons. The molecular weight excluding hydrogens is 246 g/mol. The van der Waals surface area contributed by atoms with Gasteiger partial charge in [0.25, 0.3) is 0 Å². The number of nitrogens with one attached hydrogen (secondary N) is 1. The van der Waals surface area contributed by atoms with Crippen molar-refractivity contribution < 1.29 is 19.1 Å². The lowest BCUT2D eigenvalue weighted by Gasteiger charge is -2.09. The highest BCUT2D eigenvalue weighted by molar-refractivity contribution is 6.04. The molecule has 5 heteroatoms. The van der Waals surface area contributed by atoms with Crippen LogP contribution in [0.4, 0.5) is 0 Å². The quantitative estimate of drug-likeness (QED) is 0.822. The molecule has 1 aromatic heterocycles. The highest BCUT2D eigenvalue weighted by atomic mass is 16.4. The van der Waals surface area contributed by atoms with Gasteiger partial charge < -0.3 is 14.8 Å². The molecule has 98 valence electrons. The minimum Gasteiger partial charge on any atom is -0.480 e. The molecule has 0 atom stereocenters. The number of carboxylic acids is 1. The zero-order chi connectivity index (χ0) is 13.5. The van der Waals surface area contributed by atoms with Crippen LogP contribution in [0.25, 0.3) is 11.0 Å². The minimum absolute atomic E-state index is 0.283. The standard InChI is InChI=1S/C14H13NO4/c16-12(14(5-6-14)13(17)18)15-7-9-8-19-11-4-2-1-3-10(9)11/h1-4,8H,5-7H2,(H,15,16)(H,17,18). The number of aliphatic carboxylic acids is 1. The van der Waals surface area contributed by atoms with Gasteiger partial charge in [-0.2, -0.15) is 0 Å². The lowest BCUT2D eigenvalue weighted by Crippen LogP contribution is -2.36. The van der Waals surface area contributed by atoms with Gasteiger partial charge in [-0.1, -0.05) is 18.2 Å². The van der Waals surface area contributed by atoms with Crippen LogP contribution in [0.3, 0.4) is 0 Å². The predicted molar refractivity (Wildman–Crippen MR) is 67.4 cm³/mol. The fourth-order valence-electron chi connectivity index (χ4n) is 2.18. The van der Waals surface area contributed by atoms with Crippen molar-refractivity contribution in [2.75, 3.05) is 0 Å². The summed E-state index contributed by atoms with van der Waals surface area (Å²) in [6.45, 7) is 0.283. The predicted octanol–water partition coefficient (Wildman–Crippen LogP) is 1.91. The molecule has 1 amide bonds. The maximum atomic E-state index is 11.9. The van der Waals surface area contributed by atoms with Gasteiger partial charge in [-0.3, -0.25) is 9.59 Å². The van der Waals surface area contributed by atoms with Gasteiger partial charge in [-0.15, -0.1) is 0 Å². The summed E-state index contributed by atoms with van der Waals surface area (Å²) in [5, 5.41) is 12.6. The first-order valence-electron chi connectivity index (χ1n) is 6.10. The average molecular weight is 259 g/mol. The van der Waals surface area contributed by atoms with E-state index in [0.29, 0.717) is 12.8 Å². The zero-order valence-corrected chi connectivity index (χ0v) is 10.2. The van der Waals surface area contributed by atoms with E-state index in [2.05, 4.69) is 5.32 Å². The molecule has 1 aliphatic rings. The van der Waals surface area contributed by atoms with Crippen LogP contribution in [0, 0.1) is 5.41 Å². The van der Waals surface area contributed by atoms with E-state index in [1.54, 1.807) is 6.26 Å². The number of furan rings is 1. The second-order valence-electron chi connectivity index (χ2n) is 4.83. The molecule has 1 heterocycles. The molecule has 0 unspecified atom stereocenters. The minimum atomic E-state index is -1.19. The van der Waals surface area contributed by atoms with Crippen molar-refractivity contribution in [1.82, 2.24) is 5.32 Å². The van der Waals surface area contributed by atoms with Crippen LogP contribution in [0.15, 0.2) is 34.9 Å². The van der Waals surface area contributed by atoms with Gasteiger partial charge in [-0.25, -0.2) is 0 Å². The van der Waals surface area contributed by atoms with Crippen LogP contribution in [0.5, 0.6) is 0 Å². The van der Waals surface area contributed by atoms with Crippen LogP contribution in [0.2, 0.25) is 0 Å². The van der Waals surface area contributed by atoms with E-state index in [1.165, 1.54) is 0 Å². The third kappa shape index (κ3) is 1.87. The number of hydrogen-bond donors (Lipinski definition) is 2. The van der Waals surface area contributed by atoms with Gasteiger partial charge >= 0.3 is 5.97 Å². The van der Waals surface area contributed by atoms with Gasteiger partial charge in [0.1, 0.15) is 11.0 Å². The molecule has 1 aromatic carbocycles. The van der Waals surface area contributed by atoms with E-state index in [-0.39, 0.29) is 6.54 Å². The Morgan fingerprint density at radius 2 is 2.05 bits per heavy atom. The van der Waals surface area contributed by atoms with Gasteiger partial charge in [0, 0.05) is 17.5 Å². The highest BCUT2D eigenvalue weighted by Gasteiger charge is 2.56. The number of rotatable bonds is 4. The topological polar surface area (TPSA) is 79.5 Å². The molecule has 19 heavy (non-hydrogen) atoms. The largest absolute Gasteiger partial charge is 0.480 e. The molecule has 2 N–H and O–H groups in total. The van der Waals surface area contributed by atoms with E-state index in [4.69, 9.17) is 9.52 Å². The Morgan fingerprint density at radius 1 is 1.32 bits per heavy atom. The smallest absolute Gasteiger partial charge is 0.319 e. The molecular formula is C14H13NO4. The number of carbonyl (C=O) groups excluding carboxylic acids is 1. The molecule has 0 saturated heterocycles. The first kappa shape index (κ1) is 11.8. The highest BCUT2D eigenvalue weighted by Crippen LogP contribution is 2.46. The van der Waals surface area contributed by atoms with Crippen molar-refractivity contribution in [3.8, 4) is 0 Å². The second-order valence-corrected chi connectivity index (χ2v) is 4.83. The van der Waals surface area contributed by atoms with E-state index >= 15 is 0 Å². The van der Waals surface area contributed by atoms with Gasteiger partial charge in [0.15, 0.2) is 0 Å². The van der Waals surface area contributed by atoms with E-state index in [1.807, 2.05) is 24.3 Å². The monoisotopic (exact) mass is 259 g/mol. The van der Waals surface area contributed by atoms with Crippen molar-refractivity contribution in [3.63, 3.8) is 0 Å². The molecule has 0 aliphatic heterocycles. The third-order valence-corrected chi connectivity index (χ3v) is 3.59. The molecule has 0 spiro atoms. The third-order valence-electron chi connectivity index (χ3n) is 3.59. The average Bonchev–Trinajstić information content (AvgIpc) is 3.13. The van der Waals surface area contributed by atoms with Crippen molar-refractivity contribution in [3.05, 3.63) is 36.1 Å². The second kappa shape index (κ2) is 4.12. The number of carbonyl (C=O) groups is 2. The number of hydrogen-bond acceptors (Lipinski definition) is 3. The first-order valence-corrected chi connectivity index (χ1v) is 6.10. The number of benzene rings is 1. The van der Waals surface area contributed by atoms with Gasteiger partial charge in [0.2, 0.25) is 5.91 Å². The maximum Gasteiger partial charge on any atom is 0.319 e. The zero-order valence-electron chi connectivity index (χ0n) is 10.2. The Morgan fingerprint density at radius 3 is 2.74 bits per heavy atom. The molecule has 3 rings (SSSR count). The van der Waals surface area contributed by atoms with Crippen LogP contribution < -0.4 is 5.32 Å². The lowest BCUT2D eigenvalue weighted by molar-refractivity contribution is -0.149. The fraction of sp³-hybridized carbons (Fsp3) is 0.286. The molecule has 5 nitrogen and oxygen atoms in total. The van der Waals surface area contributed by atoms with Crippen molar-refractivity contribution in [2.45, 2.75) is 19.4 Å². The summed E-state index contributed by atoms with van der Waals surface area (Å²) in [5.41, 5.74) is 0.413. The first-order chi connectivity index (χ1) is 9.13. The molecule has 1 fully saturated rings. The van der Waals surface area contributed by atoms with E-state index in [9.17, 15) is 9.59 Å². The molecule has 2 aromatic rings. The van der Waals surface area contributed by atoms with Gasteiger partial charge in [-0.05, 0) is 18.9 Å². The summed E-state index contributed by atoms with van der Waals surface area (Å²) in [4.78, 5) is 22.9.